The number of rotatable bonds is 6. The predicted octanol–water partition coefficient (Wildman–Crippen LogP) is 4.28. The van der Waals surface area contributed by atoms with E-state index in [1.807, 2.05) is 6.07 Å². The molecule has 132 valence electrons. The van der Waals surface area contributed by atoms with Crippen molar-refractivity contribution in [1.29, 1.82) is 0 Å². The van der Waals surface area contributed by atoms with E-state index < -0.39 is 4.92 Å². The highest BCUT2D eigenvalue weighted by atomic mass is 35.5. The summed E-state index contributed by atoms with van der Waals surface area (Å²) >= 11 is 12.0. The van der Waals surface area contributed by atoms with Gasteiger partial charge in [-0.25, -0.2) is 0 Å². The zero-order valence-corrected chi connectivity index (χ0v) is 15.3. The molecule has 0 aliphatic rings. The number of nitro groups is 1. The van der Waals surface area contributed by atoms with E-state index in [9.17, 15) is 14.9 Å². The molecular weight excluding hydrogens is 365 g/mol. The molecule has 1 amide bonds. The van der Waals surface area contributed by atoms with Crippen LogP contribution >= 0.6 is 23.2 Å². The molecule has 0 aromatic heterocycles. The van der Waals surface area contributed by atoms with Crippen molar-refractivity contribution in [2.24, 2.45) is 0 Å². The summed E-state index contributed by atoms with van der Waals surface area (Å²) in [5, 5.41) is 14.6. The van der Waals surface area contributed by atoms with E-state index in [1.54, 1.807) is 37.1 Å². The van der Waals surface area contributed by atoms with Crippen LogP contribution in [0.5, 0.6) is 0 Å². The number of halogens is 2. The van der Waals surface area contributed by atoms with E-state index >= 15 is 0 Å². The lowest BCUT2D eigenvalue weighted by atomic mass is 10.2. The number of carbonyl (C=O) groups is 1. The zero-order chi connectivity index (χ0) is 18.6. The first-order valence-corrected chi connectivity index (χ1v) is 8.19. The molecule has 0 radical (unpaired) electrons. The molecule has 1 N–H and O–H groups in total. The van der Waals surface area contributed by atoms with Gasteiger partial charge in [-0.15, -0.1) is 0 Å². The normalized spacial score (nSPS) is 10.8. The van der Waals surface area contributed by atoms with Gasteiger partial charge in [0.15, 0.2) is 0 Å². The fourth-order valence-electron chi connectivity index (χ4n) is 2.29. The number of benzene rings is 2. The second-order valence-electron chi connectivity index (χ2n) is 5.71. The summed E-state index contributed by atoms with van der Waals surface area (Å²) in [6.45, 7) is 2.36. The quantitative estimate of drug-likeness (QED) is 0.598. The highest BCUT2D eigenvalue weighted by molar-refractivity contribution is 6.35. The number of carbonyl (C=O) groups excluding carboxylic acids is 1. The smallest absolute Gasteiger partial charge is 0.271 e. The Hall–Kier alpha value is -2.15. The Morgan fingerprint density at radius 1 is 1.24 bits per heavy atom. The Balaban J connectivity index is 2.00. The molecular formula is C17H17Cl2N3O3. The van der Waals surface area contributed by atoms with Crippen LogP contribution in [-0.2, 0) is 11.3 Å². The maximum absolute atomic E-state index is 12.2. The van der Waals surface area contributed by atoms with Crippen molar-refractivity contribution in [3.63, 3.8) is 0 Å². The van der Waals surface area contributed by atoms with Crippen LogP contribution in [-0.4, -0.2) is 29.3 Å². The summed E-state index contributed by atoms with van der Waals surface area (Å²) in [6.07, 6.45) is 0. The van der Waals surface area contributed by atoms with Crippen molar-refractivity contribution >= 4 is 40.5 Å². The van der Waals surface area contributed by atoms with E-state index in [0.29, 0.717) is 22.3 Å². The summed E-state index contributed by atoms with van der Waals surface area (Å²) in [5.74, 6) is -0.267. The predicted molar refractivity (Wildman–Crippen MR) is 99.3 cm³/mol. The third kappa shape index (κ3) is 5.42. The van der Waals surface area contributed by atoms with Gasteiger partial charge >= 0.3 is 0 Å². The van der Waals surface area contributed by atoms with Crippen LogP contribution in [0.1, 0.15) is 11.1 Å². The Labute approximate surface area is 155 Å². The number of aryl methyl sites for hydroxylation is 1. The largest absolute Gasteiger partial charge is 0.324 e. The van der Waals surface area contributed by atoms with E-state index in [-0.39, 0.29) is 18.1 Å². The SMILES string of the molecule is Cc1ccc([N+](=O)[O-])cc1NC(=O)CN(C)Cc1ccc(Cl)cc1Cl. The van der Waals surface area contributed by atoms with Crippen molar-refractivity contribution in [2.75, 3.05) is 18.9 Å². The molecule has 0 bridgehead atoms. The lowest BCUT2D eigenvalue weighted by Gasteiger charge is -2.17. The minimum Gasteiger partial charge on any atom is -0.324 e. The number of hydrogen-bond acceptors (Lipinski definition) is 4. The van der Waals surface area contributed by atoms with Gasteiger partial charge in [-0.05, 0) is 37.2 Å². The third-order valence-electron chi connectivity index (χ3n) is 3.57. The minimum atomic E-state index is -0.496. The van der Waals surface area contributed by atoms with Crippen molar-refractivity contribution < 1.29 is 9.72 Å². The van der Waals surface area contributed by atoms with E-state index in [4.69, 9.17) is 23.2 Å². The van der Waals surface area contributed by atoms with Gasteiger partial charge in [-0.3, -0.25) is 19.8 Å². The maximum Gasteiger partial charge on any atom is 0.271 e. The molecule has 0 atom stereocenters. The van der Waals surface area contributed by atoms with Gasteiger partial charge in [-0.1, -0.05) is 35.3 Å². The molecule has 0 aliphatic carbocycles. The van der Waals surface area contributed by atoms with Gasteiger partial charge in [0.05, 0.1) is 17.2 Å². The minimum absolute atomic E-state index is 0.0674. The van der Waals surface area contributed by atoms with Crippen molar-refractivity contribution in [3.8, 4) is 0 Å². The average molecular weight is 382 g/mol. The first-order valence-electron chi connectivity index (χ1n) is 7.43. The van der Waals surface area contributed by atoms with Crippen molar-refractivity contribution in [3.05, 3.63) is 67.7 Å². The summed E-state index contributed by atoms with van der Waals surface area (Å²) in [4.78, 5) is 24.4. The van der Waals surface area contributed by atoms with Crippen LogP contribution in [0.4, 0.5) is 11.4 Å². The molecule has 0 aliphatic heterocycles. The molecule has 0 saturated carbocycles. The fraction of sp³-hybridized carbons (Fsp3) is 0.235. The van der Waals surface area contributed by atoms with Crippen LogP contribution in [0.15, 0.2) is 36.4 Å². The Bertz CT molecular complexity index is 812. The van der Waals surface area contributed by atoms with Crippen LogP contribution in [0.3, 0.4) is 0 Å². The second kappa shape index (κ2) is 8.29. The number of hydrogen-bond donors (Lipinski definition) is 1. The first kappa shape index (κ1) is 19.2. The lowest BCUT2D eigenvalue weighted by Crippen LogP contribution is -2.30. The fourth-order valence-corrected chi connectivity index (χ4v) is 2.76. The zero-order valence-electron chi connectivity index (χ0n) is 13.8. The van der Waals surface area contributed by atoms with E-state index in [2.05, 4.69) is 5.32 Å². The Morgan fingerprint density at radius 2 is 1.96 bits per heavy atom. The number of likely N-dealkylation sites (N-methyl/N-ethyl adjacent to an activating group) is 1. The molecule has 2 aromatic carbocycles. The van der Waals surface area contributed by atoms with Gasteiger partial charge in [-0.2, -0.15) is 0 Å². The molecule has 8 heteroatoms. The number of anilines is 1. The molecule has 0 spiro atoms. The summed E-state index contributed by atoms with van der Waals surface area (Å²) in [6, 6.07) is 9.56. The molecule has 0 unspecified atom stereocenters. The number of amides is 1. The van der Waals surface area contributed by atoms with Crippen LogP contribution in [0.25, 0.3) is 0 Å². The van der Waals surface area contributed by atoms with Gasteiger partial charge < -0.3 is 5.32 Å². The molecule has 0 saturated heterocycles. The monoisotopic (exact) mass is 381 g/mol. The molecule has 2 rings (SSSR count). The van der Waals surface area contributed by atoms with Crippen LogP contribution < -0.4 is 5.32 Å². The molecule has 2 aromatic rings. The third-order valence-corrected chi connectivity index (χ3v) is 4.16. The molecule has 0 fully saturated rings. The Kier molecular flexibility index (Phi) is 6.36. The molecule has 6 nitrogen and oxygen atoms in total. The van der Waals surface area contributed by atoms with E-state index in [0.717, 1.165) is 11.1 Å². The summed E-state index contributed by atoms with van der Waals surface area (Å²) < 4.78 is 0. The topological polar surface area (TPSA) is 75.5 Å². The number of nitrogens with zero attached hydrogens (tertiary/aromatic N) is 2. The van der Waals surface area contributed by atoms with Crippen molar-refractivity contribution in [1.82, 2.24) is 4.90 Å². The second-order valence-corrected chi connectivity index (χ2v) is 6.56. The van der Waals surface area contributed by atoms with Gasteiger partial charge in [0.25, 0.3) is 5.69 Å². The van der Waals surface area contributed by atoms with Gasteiger partial charge in [0, 0.05) is 28.7 Å². The van der Waals surface area contributed by atoms with Crippen LogP contribution in [0.2, 0.25) is 10.0 Å². The molecule has 25 heavy (non-hydrogen) atoms. The first-order chi connectivity index (χ1) is 11.8. The lowest BCUT2D eigenvalue weighted by molar-refractivity contribution is -0.384. The highest BCUT2D eigenvalue weighted by Gasteiger charge is 2.13. The summed E-state index contributed by atoms with van der Waals surface area (Å²) in [7, 11) is 1.78. The number of nitro benzene ring substituents is 1. The van der Waals surface area contributed by atoms with E-state index in [1.165, 1.54) is 12.1 Å². The van der Waals surface area contributed by atoms with Gasteiger partial charge in [0.1, 0.15) is 0 Å². The average Bonchev–Trinajstić information content (AvgIpc) is 2.52. The molecule has 0 heterocycles. The Morgan fingerprint density at radius 3 is 2.60 bits per heavy atom. The maximum atomic E-state index is 12.2. The summed E-state index contributed by atoms with van der Waals surface area (Å²) in [5.41, 5.74) is 1.97. The highest BCUT2D eigenvalue weighted by Crippen LogP contribution is 2.23. The van der Waals surface area contributed by atoms with Crippen LogP contribution in [0, 0.1) is 17.0 Å². The van der Waals surface area contributed by atoms with Crippen molar-refractivity contribution in [2.45, 2.75) is 13.5 Å². The number of non-ortho nitro benzene ring substituents is 1. The standard InChI is InChI=1S/C17H17Cl2N3O3/c1-11-3-6-14(22(24)25)8-16(11)20-17(23)10-21(2)9-12-4-5-13(18)7-15(12)19/h3-8H,9-10H2,1-2H3,(H,20,23). The number of nitrogens with one attached hydrogen (secondary N) is 1. The van der Waals surface area contributed by atoms with Gasteiger partial charge in [0.2, 0.25) is 5.91 Å².